The third-order valence-corrected chi connectivity index (χ3v) is 3.69. The van der Waals surface area contributed by atoms with Gasteiger partial charge in [-0.2, -0.15) is 4.98 Å². The molecular formula is C15H20ClN3O3. The number of methoxy groups -OCH3 is 2. The minimum atomic E-state index is 0. The first-order valence-corrected chi connectivity index (χ1v) is 7.11. The van der Waals surface area contributed by atoms with Crippen LogP contribution < -0.4 is 14.8 Å². The number of hydrogen-bond donors (Lipinski definition) is 1. The van der Waals surface area contributed by atoms with E-state index in [1.165, 1.54) is 12.8 Å². The molecule has 7 heteroatoms. The summed E-state index contributed by atoms with van der Waals surface area (Å²) in [6.45, 7) is 0.999. The van der Waals surface area contributed by atoms with Crippen LogP contribution in [0.25, 0.3) is 11.4 Å². The van der Waals surface area contributed by atoms with Crippen LogP contribution in [0.3, 0.4) is 0 Å². The molecule has 0 unspecified atom stereocenters. The van der Waals surface area contributed by atoms with Gasteiger partial charge in [0.2, 0.25) is 11.7 Å². The number of hydrogen-bond acceptors (Lipinski definition) is 6. The molecule has 0 aliphatic carbocycles. The first kappa shape index (κ1) is 16.6. The van der Waals surface area contributed by atoms with Gasteiger partial charge in [0, 0.05) is 5.56 Å². The van der Waals surface area contributed by atoms with E-state index in [1.807, 2.05) is 18.2 Å². The molecule has 120 valence electrons. The van der Waals surface area contributed by atoms with Gasteiger partial charge in [0.1, 0.15) is 0 Å². The Balaban J connectivity index is 0.00000176. The Kier molecular flexibility index (Phi) is 5.63. The fraction of sp³-hybridized carbons (Fsp3) is 0.467. The van der Waals surface area contributed by atoms with Gasteiger partial charge in [-0.15, -0.1) is 12.4 Å². The summed E-state index contributed by atoms with van der Waals surface area (Å²) in [7, 11) is 3.22. The molecule has 3 rings (SSSR count). The predicted molar refractivity (Wildman–Crippen MR) is 84.7 cm³/mol. The summed E-state index contributed by atoms with van der Waals surface area (Å²) in [4.78, 5) is 4.50. The molecule has 1 aromatic heterocycles. The molecule has 0 saturated carbocycles. The number of benzene rings is 1. The van der Waals surface area contributed by atoms with Crippen molar-refractivity contribution >= 4 is 12.4 Å². The maximum absolute atomic E-state index is 5.39. The van der Waals surface area contributed by atoms with Crippen molar-refractivity contribution in [1.82, 2.24) is 15.5 Å². The minimum absolute atomic E-state index is 0. The summed E-state index contributed by atoms with van der Waals surface area (Å²) >= 11 is 0. The SMILES string of the molecule is COc1ccc(-c2noc([C@@H]3CCCCN3)n2)cc1OC.Cl. The summed E-state index contributed by atoms with van der Waals surface area (Å²) < 4.78 is 15.9. The second kappa shape index (κ2) is 7.47. The highest BCUT2D eigenvalue weighted by Crippen LogP contribution is 2.32. The summed E-state index contributed by atoms with van der Waals surface area (Å²) in [5.74, 6) is 2.55. The fourth-order valence-electron chi connectivity index (χ4n) is 2.53. The minimum Gasteiger partial charge on any atom is -0.493 e. The molecule has 6 nitrogen and oxygen atoms in total. The summed E-state index contributed by atoms with van der Waals surface area (Å²) in [5, 5.41) is 7.47. The van der Waals surface area contributed by atoms with Crippen molar-refractivity contribution in [2.24, 2.45) is 0 Å². The molecule has 1 aliphatic heterocycles. The van der Waals surface area contributed by atoms with E-state index in [1.54, 1.807) is 14.2 Å². The lowest BCUT2D eigenvalue weighted by molar-refractivity contribution is 0.297. The van der Waals surface area contributed by atoms with Crippen LogP contribution in [0.15, 0.2) is 22.7 Å². The van der Waals surface area contributed by atoms with Crippen molar-refractivity contribution in [2.45, 2.75) is 25.3 Å². The van der Waals surface area contributed by atoms with Crippen LogP contribution in [-0.2, 0) is 0 Å². The van der Waals surface area contributed by atoms with Crippen molar-refractivity contribution in [3.8, 4) is 22.9 Å². The molecule has 1 fully saturated rings. The maximum Gasteiger partial charge on any atom is 0.244 e. The Labute approximate surface area is 135 Å². The van der Waals surface area contributed by atoms with Gasteiger partial charge < -0.3 is 19.3 Å². The largest absolute Gasteiger partial charge is 0.493 e. The highest BCUT2D eigenvalue weighted by Gasteiger charge is 2.21. The van der Waals surface area contributed by atoms with E-state index in [2.05, 4.69) is 15.5 Å². The Bertz CT molecular complexity index is 612. The van der Waals surface area contributed by atoms with Crippen molar-refractivity contribution in [1.29, 1.82) is 0 Å². The molecule has 1 aromatic carbocycles. The van der Waals surface area contributed by atoms with Crippen molar-refractivity contribution < 1.29 is 14.0 Å². The number of ether oxygens (including phenoxy) is 2. The van der Waals surface area contributed by atoms with Crippen LogP contribution in [-0.4, -0.2) is 30.9 Å². The molecule has 1 saturated heterocycles. The summed E-state index contributed by atoms with van der Waals surface area (Å²) in [6, 6.07) is 5.75. The van der Waals surface area contributed by atoms with Gasteiger partial charge in [0.25, 0.3) is 0 Å². The first-order chi connectivity index (χ1) is 10.3. The molecule has 0 spiro atoms. The van der Waals surface area contributed by atoms with Crippen molar-refractivity contribution in [3.05, 3.63) is 24.1 Å². The molecule has 0 radical (unpaired) electrons. The highest BCUT2D eigenvalue weighted by molar-refractivity contribution is 5.85. The molecule has 0 bridgehead atoms. The number of aromatic nitrogens is 2. The van der Waals surface area contributed by atoms with E-state index in [9.17, 15) is 0 Å². The van der Waals surface area contributed by atoms with Gasteiger partial charge in [-0.3, -0.25) is 0 Å². The Hall–Kier alpha value is -1.79. The maximum atomic E-state index is 5.39. The van der Waals surface area contributed by atoms with E-state index in [0.717, 1.165) is 18.5 Å². The topological polar surface area (TPSA) is 69.4 Å². The Morgan fingerprint density at radius 3 is 2.68 bits per heavy atom. The van der Waals surface area contributed by atoms with E-state index in [-0.39, 0.29) is 18.4 Å². The van der Waals surface area contributed by atoms with E-state index in [4.69, 9.17) is 14.0 Å². The summed E-state index contributed by atoms with van der Waals surface area (Å²) in [6.07, 6.45) is 3.42. The highest BCUT2D eigenvalue weighted by atomic mass is 35.5. The first-order valence-electron chi connectivity index (χ1n) is 7.11. The van der Waals surface area contributed by atoms with Gasteiger partial charge in [0.05, 0.1) is 20.3 Å². The zero-order valence-electron chi connectivity index (χ0n) is 12.7. The van der Waals surface area contributed by atoms with Crippen LogP contribution >= 0.6 is 12.4 Å². The number of nitrogens with zero attached hydrogens (tertiary/aromatic N) is 2. The van der Waals surface area contributed by atoms with E-state index in [0.29, 0.717) is 23.2 Å². The number of halogens is 1. The van der Waals surface area contributed by atoms with Crippen LogP contribution in [0.4, 0.5) is 0 Å². The molecule has 1 atom stereocenters. The van der Waals surface area contributed by atoms with Gasteiger partial charge >= 0.3 is 0 Å². The molecule has 2 heterocycles. The van der Waals surface area contributed by atoms with E-state index >= 15 is 0 Å². The second-order valence-corrected chi connectivity index (χ2v) is 5.03. The number of rotatable bonds is 4. The van der Waals surface area contributed by atoms with Gasteiger partial charge in [-0.05, 0) is 37.6 Å². The fourth-order valence-corrected chi connectivity index (χ4v) is 2.53. The van der Waals surface area contributed by atoms with E-state index < -0.39 is 0 Å². The summed E-state index contributed by atoms with van der Waals surface area (Å²) in [5.41, 5.74) is 0.846. The van der Waals surface area contributed by atoms with Crippen molar-refractivity contribution in [3.63, 3.8) is 0 Å². The smallest absolute Gasteiger partial charge is 0.244 e. The zero-order chi connectivity index (χ0) is 14.7. The standard InChI is InChI=1S/C15H19N3O3.ClH/c1-19-12-7-6-10(9-13(12)20-2)14-17-15(21-18-14)11-5-3-4-8-16-11;/h6-7,9,11,16H,3-5,8H2,1-2H3;1H/t11-;/m0./s1. The van der Waals surface area contributed by atoms with Crippen LogP contribution in [0, 0.1) is 0 Å². The normalized spacial score (nSPS) is 17.6. The molecule has 2 aromatic rings. The Morgan fingerprint density at radius 1 is 1.18 bits per heavy atom. The lowest BCUT2D eigenvalue weighted by Gasteiger charge is -2.19. The Morgan fingerprint density at radius 2 is 2.00 bits per heavy atom. The lowest BCUT2D eigenvalue weighted by Crippen LogP contribution is -2.26. The van der Waals surface area contributed by atoms with Gasteiger partial charge in [-0.25, -0.2) is 0 Å². The zero-order valence-corrected chi connectivity index (χ0v) is 13.5. The lowest BCUT2D eigenvalue weighted by atomic mass is 10.1. The van der Waals surface area contributed by atoms with Gasteiger partial charge in [-0.1, -0.05) is 11.6 Å². The quantitative estimate of drug-likeness (QED) is 0.932. The second-order valence-electron chi connectivity index (χ2n) is 5.03. The monoisotopic (exact) mass is 325 g/mol. The van der Waals surface area contributed by atoms with Gasteiger partial charge in [0.15, 0.2) is 11.5 Å². The third kappa shape index (κ3) is 3.34. The van der Waals surface area contributed by atoms with Crippen molar-refractivity contribution in [2.75, 3.05) is 20.8 Å². The average molecular weight is 326 g/mol. The number of nitrogens with one attached hydrogen (secondary N) is 1. The predicted octanol–water partition coefficient (Wildman–Crippen LogP) is 2.99. The molecule has 0 amide bonds. The van der Waals surface area contributed by atoms with Crippen LogP contribution in [0.1, 0.15) is 31.2 Å². The third-order valence-electron chi connectivity index (χ3n) is 3.69. The molecule has 1 N–H and O–H groups in total. The van der Waals surface area contributed by atoms with Crippen LogP contribution in [0.5, 0.6) is 11.5 Å². The molecular weight excluding hydrogens is 306 g/mol. The molecule has 22 heavy (non-hydrogen) atoms. The number of piperidine rings is 1. The average Bonchev–Trinajstić information content (AvgIpc) is 3.05. The molecule has 1 aliphatic rings. The van der Waals surface area contributed by atoms with Crippen LogP contribution in [0.2, 0.25) is 0 Å².